The summed E-state index contributed by atoms with van der Waals surface area (Å²) < 4.78 is 0. The van der Waals surface area contributed by atoms with Gasteiger partial charge in [0.1, 0.15) is 0 Å². The fourth-order valence-corrected chi connectivity index (χ4v) is 2.15. The molecule has 0 aliphatic heterocycles. The Morgan fingerprint density at radius 1 is 0.619 bits per heavy atom. The number of hydrogen-bond donors (Lipinski definition) is 0. The van der Waals surface area contributed by atoms with E-state index < -0.39 is 0 Å². The van der Waals surface area contributed by atoms with Gasteiger partial charge in [-0.2, -0.15) is 0 Å². The molecule has 0 heteroatoms. The van der Waals surface area contributed by atoms with Crippen molar-refractivity contribution < 1.29 is 0 Å². The van der Waals surface area contributed by atoms with Crippen LogP contribution in [0.1, 0.15) is 67.3 Å². The third kappa shape index (κ3) is 5.75. The third-order valence-corrected chi connectivity index (χ3v) is 3.91. The summed E-state index contributed by atoms with van der Waals surface area (Å²) in [5.41, 5.74) is 7.00. The van der Waals surface area contributed by atoms with Crippen molar-refractivity contribution in [2.75, 3.05) is 0 Å². The minimum Gasteiger partial charge on any atom is -0.0617 e. The van der Waals surface area contributed by atoms with Crippen LogP contribution in [0.3, 0.4) is 0 Å². The molecule has 0 fully saturated rings. The van der Waals surface area contributed by atoms with Gasteiger partial charge in [0, 0.05) is 0 Å². The Bertz CT molecular complexity index is 562. The van der Waals surface area contributed by atoms with E-state index in [1.807, 2.05) is 0 Å². The standard InChI is InChI=1S/C11H16.C10H14/c1-8(2)11-6-5-9(3)10(4)7-11;1-8(2)10-6-4-5-9(3)7-10/h5-8H,1-4H3;4-8H,1-3H3. The van der Waals surface area contributed by atoms with E-state index in [0.717, 1.165) is 0 Å². The molecule has 0 nitrogen and oxygen atoms in total. The maximum atomic E-state index is 2.28. The summed E-state index contributed by atoms with van der Waals surface area (Å²) in [5.74, 6) is 1.30. The van der Waals surface area contributed by atoms with Crippen LogP contribution in [0.5, 0.6) is 0 Å². The van der Waals surface area contributed by atoms with Crippen molar-refractivity contribution in [2.24, 2.45) is 0 Å². The Morgan fingerprint density at radius 2 is 1.19 bits per heavy atom. The SMILES string of the molecule is Cc1ccc(C(C)C)cc1C.Cc1cccc(C(C)C)c1. The van der Waals surface area contributed by atoms with Crippen LogP contribution >= 0.6 is 0 Å². The predicted molar refractivity (Wildman–Crippen MR) is 95.3 cm³/mol. The Hall–Kier alpha value is -1.56. The van der Waals surface area contributed by atoms with Crippen LogP contribution < -0.4 is 0 Å². The van der Waals surface area contributed by atoms with Crippen LogP contribution in [-0.4, -0.2) is 0 Å². The molecule has 0 N–H and O–H groups in total. The molecule has 0 radical (unpaired) electrons. The Labute approximate surface area is 131 Å². The van der Waals surface area contributed by atoms with E-state index in [-0.39, 0.29) is 0 Å². The van der Waals surface area contributed by atoms with Gasteiger partial charge >= 0.3 is 0 Å². The van der Waals surface area contributed by atoms with Crippen LogP contribution in [0.15, 0.2) is 42.5 Å². The van der Waals surface area contributed by atoms with Crippen LogP contribution in [-0.2, 0) is 0 Å². The fraction of sp³-hybridized carbons (Fsp3) is 0.429. The van der Waals surface area contributed by atoms with Crippen molar-refractivity contribution in [3.8, 4) is 0 Å². The van der Waals surface area contributed by atoms with Crippen molar-refractivity contribution in [1.82, 2.24) is 0 Å². The lowest BCUT2D eigenvalue weighted by atomic mass is 9.99. The van der Waals surface area contributed by atoms with Crippen LogP contribution in [0.2, 0.25) is 0 Å². The van der Waals surface area contributed by atoms with Crippen LogP contribution in [0.25, 0.3) is 0 Å². The molecule has 0 saturated heterocycles. The molecule has 0 bridgehead atoms. The number of hydrogen-bond acceptors (Lipinski definition) is 0. The van der Waals surface area contributed by atoms with Crippen molar-refractivity contribution in [3.63, 3.8) is 0 Å². The largest absolute Gasteiger partial charge is 0.0617 e. The lowest BCUT2D eigenvalue weighted by Crippen LogP contribution is -1.89. The molecule has 21 heavy (non-hydrogen) atoms. The number of benzene rings is 2. The molecular formula is C21H30. The molecule has 0 heterocycles. The minimum absolute atomic E-state index is 0.647. The van der Waals surface area contributed by atoms with Gasteiger partial charge in [-0.15, -0.1) is 0 Å². The maximum Gasteiger partial charge on any atom is -0.0219 e. The summed E-state index contributed by atoms with van der Waals surface area (Å²) in [6.07, 6.45) is 0. The second-order valence-electron chi connectivity index (χ2n) is 6.57. The normalized spacial score (nSPS) is 10.5. The highest BCUT2D eigenvalue weighted by Gasteiger charge is 1.99. The van der Waals surface area contributed by atoms with Crippen LogP contribution in [0.4, 0.5) is 0 Å². The summed E-state index contributed by atoms with van der Waals surface area (Å²) in [7, 11) is 0. The van der Waals surface area contributed by atoms with Gasteiger partial charge in [-0.1, -0.05) is 75.7 Å². The highest BCUT2D eigenvalue weighted by molar-refractivity contribution is 5.31. The molecule has 2 rings (SSSR count). The van der Waals surface area contributed by atoms with Crippen molar-refractivity contribution in [1.29, 1.82) is 0 Å². The first-order chi connectivity index (χ1) is 9.81. The van der Waals surface area contributed by atoms with Gasteiger partial charge in [0.15, 0.2) is 0 Å². The monoisotopic (exact) mass is 282 g/mol. The lowest BCUT2D eigenvalue weighted by Gasteiger charge is -2.07. The summed E-state index contributed by atoms with van der Waals surface area (Å²) in [6, 6.07) is 15.4. The topological polar surface area (TPSA) is 0 Å². The number of rotatable bonds is 2. The zero-order valence-corrected chi connectivity index (χ0v) is 14.7. The van der Waals surface area contributed by atoms with Crippen molar-refractivity contribution in [3.05, 3.63) is 70.3 Å². The molecule has 114 valence electrons. The van der Waals surface area contributed by atoms with E-state index in [2.05, 4.69) is 90.9 Å². The fourth-order valence-electron chi connectivity index (χ4n) is 2.15. The van der Waals surface area contributed by atoms with Crippen molar-refractivity contribution in [2.45, 2.75) is 60.3 Å². The molecule has 0 saturated carbocycles. The summed E-state index contributed by atoms with van der Waals surface area (Å²) in [5, 5.41) is 0. The molecule has 0 unspecified atom stereocenters. The van der Waals surface area contributed by atoms with Crippen LogP contribution in [0, 0.1) is 20.8 Å². The third-order valence-electron chi connectivity index (χ3n) is 3.91. The van der Waals surface area contributed by atoms with Gasteiger partial charge in [0.05, 0.1) is 0 Å². The van der Waals surface area contributed by atoms with Gasteiger partial charge in [-0.05, 0) is 54.9 Å². The second-order valence-corrected chi connectivity index (χ2v) is 6.57. The average molecular weight is 282 g/mol. The quantitative estimate of drug-likeness (QED) is 0.586. The van der Waals surface area contributed by atoms with Gasteiger partial charge in [0.25, 0.3) is 0 Å². The molecule has 0 aliphatic rings. The Kier molecular flexibility index (Phi) is 6.68. The average Bonchev–Trinajstić information content (AvgIpc) is 2.42. The maximum absolute atomic E-state index is 2.28. The van der Waals surface area contributed by atoms with E-state index in [0.29, 0.717) is 11.8 Å². The zero-order chi connectivity index (χ0) is 16.0. The summed E-state index contributed by atoms with van der Waals surface area (Å²) in [4.78, 5) is 0. The van der Waals surface area contributed by atoms with Gasteiger partial charge in [-0.25, -0.2) is 0 Å². The molecular weight excluding hydrogens is 252 g/mol. The molecule has 0 spiro atoms. The van der Waals surface area contributed by atoms with Gasteiger partial charge in [-0.3, -0.25) is 0 Å². The lowest BCUT2D eigenvalue weighted by molar-refractivity contribution is 0.864. The van der Waals surface area contributed by atoms with Crippen molar-refractivity contribution >= 4 is 0 Å². The predicted octanol–water partition coefficient (Wildman–Crippen LogP) is 6.55. The molecule has 0 aliphatic carbocycles. The molecule has 0 aromatic heterocycles. The first kappa shape index (κ1) is 17.5. The summed E-state index contributed by atoms with van der Waals surface area (Å²) >= 11 is 0. The van der Waals surface area contributed by atoms with Gasteiger partial charge < -0.3 is 0 Å². The summed E-state index contributed by atoms with van der Waals surface area (Å²) in [6.45, 7) is 15.3. The molecule has 2 aromatic carbocycles. The number of aryl methyl sites for hydroxylation is 3. The molecule has 0 amide bonds. The first-order valence-electron chi connectivity index (χ1n) is 7.95. The first-order valence-corrected chi connectivity index (χ1v) is 7.95. The van der Waals surface area contributed by atoms with E-state index >= 15 is 0 Å². The molecule has 2 aromatic rings. The highest BCUT2D eigenvalue weighted by Crippen LogP contribution is 2.17. The van der Waals surface area contributed by atoms with E-state index in [4.69, 9.17) is 0 Å². The highest BCUT2D eigenvalue weighted by atomic mass is 14.0. The Morgan fingerprint density at radius 3 is 1.62 bits per heavy atom. The van der Waals surface area contributed by atoms with E-state index in [1.54, 1.807) is 0 Å². The minimum atomic E-state index is 0.647. The van der Waals surface area contributed by atoms with Gasteiger partial charge in [0.2, 0.25) is 0 Å². The Balaban J connectivity index is 0.000000211. The zero-order valence-electron chi connectivity index (χ0n) is 14.7. The molecule has 0 atom stereocenters. The van der Waals surface area contributed by atoms with E-state index in [9.17, 15) is 0 Å². The van der Waals surface area contributed by atoms with E-state index in [1.165, 1.54) is 27.8 Å². The smallest absolute Gasteiger partial charge is 0.0219 e. The second kappa shape index (κ2) is 8.02.